The predicted octanol–water partition coefficient (Wildman–Crippen LogP) is 3.83. The minimum absolute atomic E-state index is 0.0301. The molecule has 2 aromatic rings. The molecule has 180 valence electrons. The molecule has 0 radical (unpaired) electrons. The van der Waals surface area contributed by atoms with E-state index in [1.807, 2.05) is 42.2 Å². The molecule has 7 heteroatoms. The number of nitrogens with one attached hydrogen (secondary N) is 1. The van der Waals surface area contributed by atoms with Gasteiger partial charge in [-0.3, -0.25) is 4.79 Å². The summed E-state index contributed by atoms with van der Waals surface area (Å²) in [6.45, 7) is 3.24. The van der Waals surface area contributed by atoms with E-state index < -0.39 is 5.72 Å². The number of urea groups is 1. The molecular weight excluding hydrogens is 430 g/mol. The lowest BCUT2D eigenvalue weighted by Gasteiger charge is -2.51. The van der Waals surface area contributed by atoms with E-state index in [-0.39, 0.29) is 29.9 Å². The number of hydrogen-bond acceptors (Lipinski definition) is 4. The van der Waals surface area contributed by atoms with Crippen LogP contribution in [0.2, 0.25) is 0 Å². The Labute approximate surface area is 201 Å². The summed E-state index contributed by atoms with van der Waals surface area (Å²) in [5.41, 5.74) is 2.36. The van der Waals surface area contributed by atoms with E-state index in [9.17, 15) is 9.59 Å². The van der Waals surface area contributed by atoms with E-state index in [1.54, 1.807) is 14.2 Å². The molecule has 34 heavy (non-hydrogen) atoms. The molecule has 5 rings (SSSR count). The van der Waals surface area contributed by atoms with Gasteiger partial charge in [-0.1, -0.05) is 36.4 Å². The molecule has 3 amide bonds. The number of rotatable bonds is 4. The van der Waals surface area contributed by atoms with Gasteiger partial charge in [0.1, 0.15) is 5.75 Å². The fraction of sp³-hybridized carbons (Fsp3) is 0.481. The van der Waals surface area contributed by atoms with Crippen molar-refractivity contribution in [3.63, 3.8) is 0 Å². The number of piperidine rings is 2. The number of hydrogen-bond donors (Lipinski definition) is 1. The molecule has 4 atom stereocenters. The average molecular weight is 464 g/mol. The van der Waals surface area contributed by atoms with Gasteiger partial charge in [-0.25, -0.2) is 4.79 Å². The highest BCUT2D eigenvalue weighted by atomic mass is 16.5. The molecule has 2 saturated heterocycles. The number of carbonyl (C=O) groups is 2. The van der Waals surface area contributed by atoms with Crippen LogP contribution in [0.1, 0.15) is 48.9 Å². The van der Waals surface area contributed by atoms with Gasteiger partial charge in [0.2, 0.25) is 5.91 Å². The summed E-state index contributed by atoms with van der Waals surface area (Å²) >= 11 is 0. The van der Waals surface area contributed by atoms with Crippen molar-refractivity contribution >= 4 is 11.9 Å². The summed E-state index contributed by atoms with van der Waals surface area (Å²) < 4.78 is 11.0. The first-order valence-electron chi connectivity index (χ1n) is 12.1. The summed E-state index contributed by atoms with van der Waals surface area (Å²) in [6, 6.07) is 15.6. The molecule has 0 spiro atoms. The summed E-state index contributed by atoms with van der Waals surface area (Å²) in [5, 5.41) is 3.10. The predicted molar refractivity (Wildman–Crippen MR) is 128 cm³/mol. The van der Waals surface area contributed by atoms with Crippen LogP contribution >= 0.6 is 0 Å². The lowest BCUT2D eigenvalue weighted by Crippen LogP contribution is -2.62. The zero-order valence-corrected chi connectivity index (χ0v) is 20.1. The van der Waals surface area contributed by atoms with Crippen LogP contribution in [0.5, 0.6) is 5.75 Å². The van der Waals surface area contributed by atoms with Crippen molar-refractivity contribution in [1.82, 2.24) is 15.1 Å². The molecule has 0 bridgehead atoms. The standard InChI is InChI=1S/C27H33N3O4/c1-27(34-3,19-10-12-20(33-2)13-11-19)28-26(32)30-15-6-9-22-24(30)17-23-21-8-5-4-7-18(21)14-16-29(23)25(22)31/h4-5,7-8,10-13,22-24H,6,9,14-17H2,1-3H3,(H,28,32)/t22-,23-,24-,27+/m0/s1. The van der Waals surface area contributed by atoms with Gasteiger partial charge < -0.3 is 24.6 Å². The SMILES string of the molecule is COc1ccc([C@](C)(NC(=O)N2CCC[C@@H]3C(=O)N4CCc5ccccc5[C@@H]4C[C@@H]32)OC)cc1. The van der Waals surface area contributed by atoms with Gasteiger partial charge in [0, 0.05) is 31.8 Å². The number of fused-ring (bicyclic) bond motifs is 4. The maximum absolute atomic E-state index is 13.6. The number of nitrogens with zero attached hydrogens (tertiary/aromatic N) is 2. The van der Waals surface area contributed by atoms with E-state index in [4.69, 9.17) is 9.47 Å². The number of ether oxygens (including phenoxy) is 2. The third-order valence-electron chi connectivity index (χ3n) is 7.91. The number of benzene rings is 2. The second kappa shape index (κ2) is 8.95. The first kappa shape index (κ1) is 22.7. The van der Waals surface area contributed by atoms with Crippen molar-refractivity contribution in [2.24, 2.45) is 5.92 Å². The van der Waals surface area contributed by atoms with Crippen molar-refractivity contribution in [2.75, 3.05) is 27.3 Å². The van der Waals surface area contributed by atoms with Gasteiger partial charge in [-0.2, -0.15) is 0 Å². The van der Waals surface area contributed by atoms with Crippen molar-refractivity contribution in [1.29, 1.82) is 0 Å². The fourth-order valence-corrected chi connectivity index (χ4v) is 5.93. The highest BCUT2D eigenvalue weighted by Gasteiger charge is 2.49. The summed E-state index contributed by atoms with van der Waals surface area (Å²) in [4.78, 5) is 31.1. The van der Waals surface area contributed by atoms with Crippen LogP contribution in [-0.4, -0.2) is 55.1 Å². The van der Waals surface area contributed by atoms with Gasteiger partial charge >= 0.3 is 6.03 Å². The smallest absolute Gasteiger partial charge is 0.320 e. The number of carbonyl (C=O) groups excluding carboxylic acids is 2. The highest BCUT2D eigenvalue weighted by molar-refractivity contribution is 5.84. The Balaban J connectivity index is 1.39. The van der Waals surface area contributed by atoms with Crippen LogP contribution in [-0.2, 0) is 21.7 Å². The zero-order valence-electron chi connectivity index (χ0n) is 20.1. The van der Waals surface area contributed by atoms with Crippen molar-refractivity contribution < 1.29 is 19.1 Å². The van der Waals surface area contributed by atoms with Gasteiger partial charge in [0.15, 0.2) is 5.72 Å². The van der Waals surface area contributed by atoms with Crippen LogP contribution in [0.4, 0.5) is 4.79 Å². The molecule has 2 aromatic carbocycles. The average Bonchev–Trinajstić information content (AvgIpc) is 2.88. The third kappa shape index (κ3) is 3.82. The monoisotopic (exact) mass is 463 g/mol. The molecule has 0 saturated carbocycles. The minimum atomic E-state index is -1.00. The number of methoxy groups -OCH3 is 2. The van der Waals surface area contributed by atoms with Gasteiger partial charge in [0.25, 0.3) is 0 Å². The Morgan fingerprint density at radius 1 is 1.09 bits per heavy atom. The Morgan fingerprint density at radius 2 is 1.85 bits per heavy atom. The first-order chi connectivity index (χ1) is 16.4. The van der Waals surface area contributed by atoms with E-state index in [0.717, 1.165) is 43.5 Å². The van der Waals surface area contributed by atoms with E-state index >= 15 is 0 Å². The topological polar surface area (TPSA) is 71.1 Å². The molecule has 3 aliphatic heterocycles. The molecule has 0 unspecified atom stereocenters. The van der Waals surface area contributed by atoms with Crippen molar-refractivity contribution in [3.8, 4) is 5.75 Å². The molecule has 2 fully saturated rings. The Bertz CT molecular complexity index is 1070. The molecule has 7 nitrogen and oxygen atoms in total. The molecular formula is C27H33N3O4. The molecule has 0 aliphatic carbocycles. The van der Waals surface area contributed by atoms with Gasteiger partial charge in [-0.05, 0) is 55.9 Å². The van der Waals surface area contributed by atoms with Gasteiger partial charge in [0.05, 0.1) is 19.1 Å². The Hall–Kier alpha value is -3.06. The Kier molecular flexibility index (Phi) is 5.98. The summed E-state index contributed by atoms with van der Waals surface area (Å²) in [7, 11) is 3.21. The van der Waals surface area contributed by atoms with Crippen LogP contribution in [0.15, 0.2) is 48.5 Å². The minimum Gasteiger partial charge on any atom is -0.497 e. The van der Waals surface area contributed by atoms with Crippen molar-refractivity contribution in [2.45, 2.75) is 50.4 Å². The van der Waals surface area contributed by atoms with Crippen LogP contribution < -0.4 is 10.1 Å². The zero-order chi connectivity index (χ0) is 23.9. The lowest BCUT2D eigenvalue weighted by atomic mass is 9.76. The van der Waals surface area contributed by atoms with E-state index in [2.05, 4.69) is 28.4 Å². The Morgan fingerprint density at radius 3 is 2.59 bits per heavy atom. The van der Waals surface area contributed by atoms with Gasteiger partial charge in [-0.15, -0.1) is 0 Å². The quantitative estimate of drug-likeness (QED) is 0.700. The molecule has 3 heterocycles. The molecule has 0 aromatic heterocycles. The fourth-order valence-electron chi connectivity index (χ4n) is 5.93. The van der Waals surface area contributed by atoms with Crippen LogP contribution in [0.3, 0.4) is 0 Å². The maximum atomic E-state index is 13.6. The summed E-state index contributed by atoms with van der Waals surface area (Å²) in [5.74, 6) is 0.791. The largest absolute Gasteiger partial charge is 0.497 e. The first-order valence-corrected chi connectivity index (χ1v) is 12.1. The second-order valence-corrected chi connectivity index (χ2v) is 9.64. The van der Waals surface area contributed by atoms with Crippen LogP contribution in [0.25, 0.3) is 0 Å². The normalized spacial score (nSPS) is 25.5. The lowest BCUT2D eigenvalue weighted by molar-refractivity contribution is -0.148. The molecule has 3 aliphatic rings. The number of amides is 3. The van der Waals surface area contributed by atoms with E-state index in [0.29, 0.717) is 6.54 Å². The third-order valence-corrected chi connectivity index (χ3v) is 7.91. The maximum Gasteiger partial charge on any atom is 0.320 e. The second-order valence-electron chi connectivity index (χ2n) is 9.64. The highest BCUT2D eigenvalue weighted by Crippen LogP contribution is 2.43. The van der Waals surface area contributed by atoms with Crippen molar-refractivity contribution in [3.05, 3.63) is 65.2 Å². The number of likely N-dealkylation sites (tertiary alicyclic amines) is 1. The molecule has 1 N–H and O–H groups in total. The van der Waals surface area contributed by atoms with Crippen LogP contribution in [0, 0.1) is 5.92 Å². The summed E-state index contributed by atoms with van der Waals surface area (Å²) in [6.07, 6.45) is 3.32. The van der Waals surface area contributed by atoms with E-state index in [1.165, 1.54) is 11.1 Å².